The molecule has 30 heavy (non-hydrogen) atoms. The van der Waals surface area contributed by atoms with Crippen LogP contribution in [-0.2, 0) is 4.79 Å². The van der Waals surface area contributed by atoms with Gasteiger partial charge in [-0.25, -0.2) is 0 Å². The summed E-state index contributed by atoms with van der Waals surface area (Å²) in [5.41, 5.74) is 2.55. The lowest BCUT2D eigenvalue weighted by molar-refractivity contribution is -0.117. The third kappa shape index (κ3) is 4.28. The fourth-order valence-electron chi connectivity index (χ4n) is 3.40. The SMILES string of the molecule is COc1cc(NC(=O)C2CC2c2ccccc2Cl)ccc1NC(=O)c1cccnc1. The van der Waals surface area contributed by atoms with Gasteiger partial charge < -0.3 is 15.4 Å². The molecule has 2 amide bonds. The van der Waals surface area contributed by atoms with E-state index in [4.69, 9.17) is 16.3 Å². The minimum Gasteiger partial charge on any atom is -0.494 e. The summed E-state index contributed by atoms with van der Waals surface area (Å²) in [6, 6.07) is 16.1. The Kier molecular flexibility index (Phi) is 5.68. The summed E-state index contributed by atoms with van der Waals surface area (Å²) in [4.78, 5) is 28.9. The summed E-state index contributed by atoms with van der Waals surface area (Å²) in [5, 5.41) is 6.41. The Balaban J connectivity index is 1.42. The van der Waals surface area contributed by atoms with Crippen LogP contribution in [0.5, 0.6) is 5.75 Å². The van der Waals surface area contributed by atoms with Crippen molar-refractivity contribution in [2.45, 2.75) is 12.3 Å². The van der Waals surface area contributed by atoms with Crippen molar-refractivity contribution >= 4 is 34.8 Å². The summed E-state index contributed by atoms with van der Waals surface area (Å²) in [6.07, 6.45) is 3.86. The lowest BCUT2D eigenvalue weighted by Crippen LogP contribution is -2.15. The van der Waals surface area contributed by atoms with E-state index in [1.165, 1.54) is 13.3 Å². The molecule has 2 unspecified atom stereocenters. The van der Waals surface area contributed by atoms with Crippen molar-refractivity contribution in [3.05, 3.63) is 83.1 Å². The monoisotopic (exact) mass is 421 g/mol. The molecule has 2 aromatic carbocycles. The zero-order valence-corrected chi connectivity index (χ0v) is 17.0. The molecule has 2 N–H and O–H groups in total. The number of carbonyl (C=O) groups excluding carboxylic acids is 2. The molecule has 0 radical (unpaired) electrons. The number of carbonyl (C=O) groups is 2. The summed E-state index contributed by atoms with van der Waals surface area (Å²) < 4.78 is 5.39. The minimum absolute atomic E-state index is 0.0610. The van der Waals surface area contributed by atoms with Crippen LogP contribution in [0.4, 0.5) is 11.4 Å². The summed E-state index contributed by atoms with van der Waals surface area (Å²) >= 11 is 6.25. The Hall–Kier alpha value is -3.38. The Bertz CT molecular complexity index is 1090. The summed E-state index contributed by atoms with van der Waals surface area (Å²) in [6.45, 7) is 0. The average molecular weight is 422 g/mol. The number of benzene rings is 2. The van der Waals surface area contributed by atoms with Gasteiger partial charge >= 0.3 is 0 Å². The van der Waals surface area contributed by atoms with Crippen molar-refractivity contribution in [2.75, 3.05) is 17.7 Å². The first-order valence-corrected chi connectivity index (χ1v) is 9.89. The predicted octanol–water partition coefficient (Wildman–Crippen LogP) is 4.74. The van der Waals surface area contributed by atoms with Gasteiger partial charge in [0, 0.05) is 35.1 Å². The van der Waals surface area contributed by atoms with Gasteiger partial charge in [0.25, 0.3) is 5.91 Å². The third-order valence-electron chi connectivity index (χ3n) is 5.07. The van der Waals surface area contributed by atoms with Crippen LogP contribution in [0.2, 0.25) is 5.02 Å². The second-order valence-corrected chi connectivity index (χ2v) is 7.48. The third-order valence-corrected chi connectivity index (χ3v) is 5.42. The first-order valence-electron chi connectivity index (χ1n) is 9.51. The number of nitrogens with one attached hydrogen (secondary N) is 2. The van der Waals surface area contributed by atoms with E-state index in [9.17, 15) is 9.59 Å². The molecule has 1 aliphatic rings. The number of hydrogen-bond donors (Lipinski definition) is 2. The number of ether oxygens (including phenoxy) is 1. The molecular formula is C23H20ClN3O3. The standard InChI is InChI=1S/C23H20ClN3O3/c1-30-21-11-15(8-9-20(21)27-22(28)14-5-4-10-25-13-14)26-23(29)18-12-17(18)16-6-2-3-7-19(16)24/h2-11,13,17-18H,12H2,1H3,(H,26,29)(H,27,28). The summed E-state index contributed by atoms with van der Waals surface area (Å²) in [5.74, 6) is 0.121. The Labute approximate surface area is 179 Å². The van der Waals surface area contributed by atoms with Crippen LogP contribution in [0.15, 0.2) is 67.0 Å². The van der Waals surface area contributed by atoms with Crippen molar-refractivity contribution < 1.29 is 14.3 Å². The lowest BCUT2D eigenvalue weighted by atomic mass is 10.1. The van der Waals surface area contributed by atoms with E-state index in [2.05, 4.69) is 15.6 Å². The molecular weight excluding hydrogens is 402 g/mol. The number of hydrogen-bond acceptors (Lipinski definition) is 4. The Morgan fingerprint density at radius 3 is 2.67 bits per heavy atom. The van der Waals surface area contributed by atoms with Gasteiger partial charge in [0.15, 0.2) is 0 Å². The molecule has 2 atom stereocenters. The number of rotatable bonds is 6. The number of methoxy groups -OCH3 is 1. The van der Waals surface area contributed by atoms with Crippen molar-refractivity contribution in [3.63, 3.8) is 0 Å². The van der Waals surface area contributed by atoms with Crippen LogP contribution >= 0.6 is 11.6 Å². The van der Waals surface area contributed by atoms with Crippen molar-refractivity contribution in [1.82, 2.24) is 4.98 Å². The van der Waals surface area contributed by atoms with Gasteiger partial charge in [-0.15, -0.1) is 0 Å². The molecule has 4 rings (SSSR count). The van der Waals surface area contributed by atoms with E-state index >= 15 is 0 Å². The molecule has 152 valence electrons. The van der Waals surface area contributed by atoms with Gasteiger partial charge in [0.1, 0.15) is 5.75 Å². The largest absolute Gasteiger partial charge is 0.494 e. The van der Waals surface area contributed by atoms with Crippen LogP contribution in [0.25, 0.3) is 0 Å². The van der Waals surface area contributed by atoms with Crippen LogP contribution in [0.3, 0.4) is 0 Å². The molecule has 3 aromatic rings. The molecule has 6 nitrogen and oxygen atoms in total. The van der Waals surface area contributed by atoms with Crippen molar-refractivity contribution in [1.29, 1.82) is 0 Å². The molecule has 1 fully saturated rings. The molecule has 0 aliphatic heterocycles. The molecule has 0 spiro atoms. The van der Waals surface area contributed by atoms with E-state index in [-0.39, 0.29) is 23.7 Å². The van der Waals surface area contributed by atoms with Crippen LogP contribution in [0, 0.1) is 5.92 Å². The maximum absolute atomic E-state index is 12.6. The van der Waals surface area contributed by atoms with Gasteiger partial charge in [0.2, 0.25) is 5.91 Å². The maximum atomic E-state index is 12.6. The first-order chi connectivity index (χ1) is 14.6. The molecule has 1 aliphatic carbocycles. The number of amides is 2. The van der Waals surface area contributed by atoms with Crippen LogP contribution < -0.4 is 15.4 Å². The zero-order chi connectivity index (χ0) is 21.1. The Morgan fingerprint density at radius 2 is 1.93 bits per heavy atom. The molecule has 1 saturated carbocycles. The van der Waals surface area contributed by atoms with Gasteiger partial charge in [-0.2, -0.15) is 0 Å². The van der Waals surface area contributed by atoms with E-state index in [1.54, 1.807) is 36.5 Å². The highest BCUT2D eigenvalue weighted by atomic mass is 35.5. The fourth-order valence-corrected chi connectivity index (χ4v) is 3.68. The van der Waals surface area contributed by atoms with Crippen LogP contribution in [-0.4, -0.2) is 23.9 Å². The normalized spacial score (nSPS) is 17.1. The molecule has 0 saturated heterocycles. The second kappa shape index (κ2) is 8.55. The van der Waals surface area contributed by atoms with Crippen molar-refractivity contribution in [2.24, 2.45) is 5.92 Å². The van der Waals surface area contributed by atoms with E-state index in [0.29, 0.717) is 27.7 Å². The molecule has 1 aromatic heterocycles. The smallest absolute Gasteiger partial charge is 0.257 e. The molecule has 1 heterocycles. The topological polar surface area (TPSA) is 80.3 Å². The first kappa shape index (κ1) is 19.9. The maximum Gasteiger partial charge on any atom is 0.257 e. The number of halogens is 1. The van der Waals surface area contributed by atoms with E-state index in [0.717, 1.165) is 12.0 Å². The highest BCUT2D eigenvalue weighted by Gasteiger charge is 2.44. The lowest BCUT2D eigenvalue weighted by Gasteiger charge is -2.13. The van der Waals surface area contributed by atoms with Gasteiger partial charge in [0.05, 0.1) is 18.4 Å². The Morgan fingerprint density at radius 1 is 1.10 bits per heavy atom. The number of aromatic nitrogens is 1. The molecule has 0 bridgehead atoms. The summed E-state index contributed by atoms with van der Waals surface area (Å²) in [7, 11) is 1.51. The van der Waals surface area contributed by atoms with Gasteiger partial charge in [-0.3, -0.25) is 14.6 Å². The second-order valence-electron chi connectivity index (χ2n) is 7.07. The van der Waals surface area contributed by atoms with Gasteiger partial charge in [-0.05, 0) is 48.2 Å². The zero-order valence-electron chi connectivity index (χ0n) is 16.3. The fraction of sp³-hybridized carbons (Fsp3) is 0.174. The van der Waals surface area contributed by atoms with Gasteiger partial charge in [-0.1, -0.05) is 29.8 Å². The number of pyridine rings is 1. The molecule has 7 heteroatoms. The van der Waals surface area contributed by atoms with E-state index in [1.807, 2.05) is 24.3 Å². The number of nitrogens with zero attached hydrogens (tertiary/aromatic N) is 1. The highest BCUT2D eigenvalue weighted by molar-refractivity contribution is 6.31. The highest BCUT2D eigenvalue weighted by Crippen LogP contribution is 2.50. The quantitative estimate of drug-likeness (QED) is 0.602. The van der Waals surface area contributed by atoms with E-state index < -0.39 is 0 Å². The average Bonchev–Trinajstić information content (AvgIpc) is 3.56. The van der Waals surface area contributed by atoms with Crippen molar-refractivity contribution in [3.8, 4) is 5.75 Å². The predicted molar refractivity (Wildman–Crippen MR) is 116 cm³/mol. The minimum atomic E-state index is -0.293. The van der Waals surface area contributed by atoms with Crippen LogP contribution in [0.1, 0.15) is 28.3 Å². The number of anilines is 2.